The zero-order valence-corrected chi connectivity index (χ0v) is 15.4. The van der Waals surface area contributed by atoms with Crippen molar-refractivity contribution in [2.24, 2.45) is 0 Å². The predicted molar refractivity (Wildman–Crippen MR) is 109 cm³/mol. The van der Waals surface area contributed by atoms with Gasteiger partial charge in [-0.2, -0.15) is 0 Å². The average molecular weight is 376 g/mol. The maximum Gasteiger partial charge on any atom is 0.202 e. The first-order valence-electron chi connectivity index (χ1n) is 8.74. The number of ketones is 1. The van der Waals surface area contributed by atoms with Crippen molar-refractivity contribution in [2.75, 3.05) is 6.61 Å². The van der Waals surface area contributed by atoms with E-state index in [1.54, 1.807) is 0 Å². The molecule has 1 aromatic heterocycles. The van der Waals surface area contributed by atoms with E-state index in [4.69, 9.17) is 16.3 Å². The van der Waals surface area contributed by atoms with Gasteiger partial charge >= 0.3 is 0 Å². The Morgan fingerprint density at radius 1 is 0.889 bits per heavy atom. The fourth-order valence-electron chi connectivity index (χ4n) is 3.13. The summed E-state index contributed by atoms with van der Waals surface area (Å²) in [5.41, 5.74) is 2.82. The molecule has 0 aliphatic heterocycles. The number of hydrogen-bond donors (Lipinski definition) is 0. The van der Waals surface area contributed by atoms with Crippen LogP contribution in [0.1, 0.15) is 15.9 Å². The van der Waals surface area contributed by atoms with Crippen LogP contribution in [0.2, 0.25) is 5.02 Å². The van der Waals surface area contributed by atoms with Gasteiger partial charge in [-0.3, -0.25) is 4.79 Å². The quantitative estimate of drug-likeness (QED) is 0.410. The number of benzene rings is 3. The summed E-state index contributed by atoms with van der Waals surface area (Å²) in [5, 5.41) is 1.65. The van der Waals surface area contributed by atoms with E-state index in [-0.39, 0.29) is 12.4 Å². The molecule has 4 rings (SSSR count). The van der Waals surface area contributed by atoms with Crippen LogP contribution in [0.4, 0.5) is 0 Å². The van der Waals surface area contributed by atoms with Crippen molar-refractivity contribution in [1.29, 1.82) is 0 Å². The van der Waals surface area contributed by atoms with E-state index in [0.29, 0.717) is 22.9 Å². The number of carbonyl (C=O) groups is 1. The van der Waals surface area contributed by atoms with E-state index in [1.165, 1.54) is 0 Å². The summed E-state index contributed by atoms with van der Waals surface area (Å²) in [7, 11) is 0. The van der Waals surface area contributed by atoms with Gasteiger partial charge < -0.3 is 9.30 Å². The van der Waals surface area contributed by atoms with E-state index in [1.807, 2.05) is 85.1 Å². The highest BCUT2D eigenvalue weighted by Crippen LogP contribution is 2.24. The molecule has 0 fully saturated rings. The van der Waals surface area contributed by atoms with Crippen LogP contribution in [0.5, 0.6) is 5.75 Å². The summed E-state index contributed by atoms with van der Waals surface area (Å²) >= 11 is 5.98. The van der Waals surface area contributed by atoms with Gasteiger partial charge in [-0.25, -0.2) is 0 Å². The number of aromatic nitrogens is 1. The molecule has 0 N–H and O–H groups in total. The summed E-state index contributed by atoms with van der Waals surface area (Å²) in [6.07, 6.45) is 1.91. The van der Waals surface area contributed by atoms with Gasteiger partial charge in [-0.15, -0.1) is 0 Å². The average Bonchev–Trinajstić information content (AvgIpc) is 3.07. The van der Waals surface area contributed by atoms with Gasteiger partial charge in [0.05, 0.1) is 0 Å². The highest BCUT2D eigenvalue weighted by molar-refractivity contribution is 6.30. The maximum absolute atomic E-state index is 12.8. The minimum Gasteiger partial charge on any atom is -0.485 e. The zero-order chi connectivity index (χ0) is 18.6. The normalized spacial score (nSPS) is 10.9. The minimum atomic E-state index is -0.0371. The third kappa shape index (κ3) is 3.88. The third-order valence-corrected chi connectivity index (χ3v) is 4.72. The first kappa shape index (κ1) is 17.4. The van der Waals surface area contributed by atoms with E-state index in [9.17, 15) is 4.79 Å². The highest BCUT2D eigenvalue weighted by Gasteiger charge is 2.15. The first-order valence-corrected chi connectivity index (χ1v) is 9.12. The molecule has 0 amide bonds. The molecular formula is C23H18ClNO2. The number of fused-ring (bicyclic) bond motifs is 1. The highest BCUT2D eigenvalue weighted by atomic mass is 35.5. The molecular weight excluding hydrogens is 358 g/mol. The van der Waals surface area contributed by atoms with Crippen molar-refractivity contribution >= 4 is 28.3 Å². The number of Topliss-reactive ketones (excluding diaryl/α,β-unsaturated/α-hetero) is 1. The third-order valence-electron chi connectivity index (χ3n) is 4.47. The molecule has 3 nitrogen and oxygen atoms in total. The zero-order valence-electron chi connectivity index (χ0n) is 14.6. The standard InChI is InChI=1S/C23H18ClNO2/c24-18-12-10-17(11-13-18)14-25-15-21(20-8-4-5-9-22(20)25)23(26)16-27-19-6-2-1-3-7-19/h1-13,15H,14,16H2. The van der Waals surface area contributed by atoms with Crippen LogP contribution in [0.25, 0.3) is 10.9 Å². The molecule has 4 heteroatoms. The summed E-state index contributed by atoms with van der Waals surface area (Å²) in [5.74, 6) is 0.653. The second-order valence-electron chi connectivity index (χ2n) is 6.34. The molecule has 134 valence electrons. The number of rotatable bonds is 6. The number of ether oxygens (including phenoxy) is 1. The van der Waals surface area contributed by atoms with Gasteiger partial charge in [-0.1, -0.05) is 60.1 Å². The number of carbonyl (C=O) groups excluding carboxylic acids is 1. The van der Waals surface area contributed by atoms with Crippen LogP contribution in [0.15, 0.2) is 85.1 Å². The molecule has 3 aromatic carbocycles. The van der Waals surface area contributed by atoms with Crippen LogP contribution in [-0.4, -0.2) is 17.0 Å². The van der Waals surface area contributed by atoms with Crippen LogP contribution in [-0.2, 0) is 6.54 Å². The molecule has 0 spiro atoms. The smallest absolute Gasteiger partial charge is 0.202 e. The van der Waals surface area contributed by atoms with Crippen molar-refractivity contribution < 1.29 is 9.53 Å². The second-order valence-corrected chi connectivity index (χ2v) is 6.78. The van der Waals surface area contributed by atoms with Crippen molar-refractivity contribution in [3.63, 3.8) is 0 Å². The fourth-order valence-corrected chi connectivity index (χ4v) is 3.26. The van der Waals surface area contributed by atoms with Crippen LogP contribution >= 0.6 is 11.6 Å². The van der Waals surface area contributed by atoms with Crippen molar-refractivity contribution in [1.82, 2.24) is 4.57 Å². The lowest BCUT2D eigenvalue weighted by Gasteiger charge is -2.05. The van der Waals surface area contributed by atoms with E-state index in [2.05, 4.69) is 4.57 Å². The molecule has 0 bridgehead atoms. The molecule has 0 aliphatic rings. The van der Waals surface area contributed by atoms with Gasteiger partial charge in [0.15, 0.2) is 6.61 Å². The molecule has 0 aliphatic carbocycles. The Kier molecular flexibility index (Phi) is 4.95. The molecule has 0 saturated heterocycles. The lowest BCUT2D eigenvalue weighted by molar-refractivity contribution is 0.0923. The monoisotopic (exact) mass is 375 g/mol. The van der Waals surface area contributed by atoms with Gasteiger partial charge in [0.2, 0.25) is 5.78 Å². The first-order chi connectivity index (χ1) is 13.2. The van der Waals surface area contributed by atoms with Gasteiger partial charge in [0, 0.05) is 34.2 Å². The molecule has 0 atom stereocenters. The summed E-state index contributed by atoms with van der Waals surface area (Å²) in [4.78, 5) is 12.8. The SMILES string of the molecule is O=C(COc1ccccc1)c1cn(Cc2ccc(Cl)cc2)c2ccccc12. The van der Waals surface area contributed by atoms with Crippen LogP contribution < -0.4 is 4.74 Å². The Hall–Kier alpha value is -3.04. The Morgan fingerprint density at radius 2 is 1.59 bits per heavy atom. The Morgan fingerprint density at radius 3 is 2.37 bits per heavy atom. The maximum atomic E-state index is 12.8. The number of para-hydroxylation sites is 2. The second kappa shape index (κ2) is 7.68. The largest absolute Gasteiger partial charge is 0.485 e. The minimum absolute atomic E-state index is 0.0129. The molecule has 4 aromatic rings. The van der Waals surface area contributed by atoms with Gasteiger partial charge in [0.25, 0.3) is 0 Å². The predicted octanol–water partition coefficient (Wildman–Crippen LogP) is 5.60. The summed E-state index contributed by atoms with van der Waals surface area (Å²) in [6, 6.07) is 25.1. The lowest BCUT2D eigenvalue weighted by atomic mass is 10.1. The molecule has 27 heavy (non-hydrogen) atoms. The van der Waals surface area contributed by atoms with E-state index in [0.717, 1.165) is 16.5 Å². The van der Waals surface area contributed by atoms with Crippen molar-refractivity contribution in [2.45, 2.75) is 6.54 Å². The van der Waals surface area contributed by atoms with E-state index >= 15 is 0 Å². The number of hydrogen-bond acceptors (Lipinski definition) is 2. The molecule has 0 unspecified atom stereocenters. The molecule has 0 radical (unpaired) electrons. The topological polar surface area (TPSA) is 31.2 Å². The van der Waals surface area contributed by atoms with E-state index < -0.39 is 0 Å². The fraction of sp³-hybridized carbons (Fsp3) is 0.0870. The summed E-state index contributed by atoms with van der Waals surface area (Å²) in [6.45, 7) is 0.684. The van der Waals surface area contributed by atoms with Crippen LogP contribution in [0.3, 0.4) is 0 Å². The number of halogens is 1. The lowest BCUT2D eigenvalue weighted by Crippen LogP contribution is -2.11. The van der Waals surface area contributed by atoms with Gasteiger partial charge in [-0.05, 0) is 35.9 Å². The van der Waals surface area contributed by atoms with Crippen molar-refractivity contribution in [3.05, 3.63) is 101 Å². The number of nitrogens with zero attached hydrogens (tertiary/aromatic N) is 1. The Labute approximate surface area is 162 Å². The van der Waals surface area contributed by atoms with Crippen LogP contribution in [0, 0.1) is 0 Å². The molecule has 0 saturated carbocycles. The van der Waals surface area contributed by atoms with Gasteiger partial charge in [0.1, 0.15) is 5.75 Å². The van der Waals surface area contributed by atoms with Crippen molar-refractivity contribution in [3.8, 4) is 5.75 Å². The molecule has 1 heterocycles. The summed E-state index contributed by atoms with van der Waals surface area (Å²) < 4.78 is 7.73. The Bertz CT molecular complexity index is 1070. The Balaban J connectivity index is 1.61.